The van der Waals surface area contributed by atoms with Crippen molar-refractivity contribution in [3.8, 4) is 0 Å². The molecule has 1 heterocycles. The van der Waals surface area contributed by atoms with Gasteiger partial charge in [0.1, 0.15) is 6.04 Å². The normalized spacial score (nSPS) is 18.7. The SMILES string of the molecule is CCC(C)C(C(CC(=O)N1CCCC1C(OC)C(C)C(=O)NC(Cc1ccccc1)C(=O)NCCCO)OC)N(C)C(=O)CNC(C(C)C)N(C)C. The number of amides is 4. The Morgan fingerprint density at radius 2 is 1.67 bits per heavy atom. The first kappa shape index (κ1) is 45.1. The van der Waals surface area contributed by atoms with Crippen LogP contribution in [0.25, 0.3) is 0 Å². The third-order valence-electron chi connectivity index (χ3n) is 10.5. The molecule has 0 spiro atoms. The molecule has 52 heavy (non-hydrogen) atoms. The van der Waals surface area contributed by atoms with Crippen LogP contribution in [0.3, 0.4) is 0 Å². The van der Waals surface area contributed by atoms with E-state index in [-0.39, 0.29) is 67.4 Å². The summed E-state index contributed by atoms with van der Waals surface area (Å²) in [7, 11) is 8.88. The van der Waals surface area contributed by atoms with E-state index in [1.54, 1.807) is 38.0 Å². The van der Waals surface area contributed by atoms with Crippen LogP contribution in [0, 0.1) is 17.8 Å². The van der Waals surface area contributed by atoms with Crippen LogP contribution in [0.4, 0.5) is 0 Å². The van der Waals surface area contributed by atoms with E-state index in [4.69, 9.17) is 9.47 Å². The minimum Gasteiger partial charge on any atom is -0.396 e. The fourth-order valence-corrected chi connectivity index (χ4v) is 7.43. The maximum atomic E-state index is 14.1. The standard InChI is InChI=1S/C39H68N6O7/c1-11-27(4)35(44(8)34(48)25-41-37(26(2)3)43(6)7)32(51-9)24-33(47)45-21-15-19-31(45)36(52-10)28(5)38(49)42-30(39(50)40-20-16-22-46)23-29-17-13-12-14-18-29/h12-14,17-18,26-28,30-32,35-37,41,46H,11,15-16,19-25H2,1-10H3,(H,40,50)(H,42,49). The van der Waals surface area contributed by atoms with Gasteiger partial charge in [-0.15, -0.1) is 0 Å². The lowest BCUT2D eigenvalue weighted by Crippen LogP contribution is -2.56. The second-order valence-corrected chi connectivity index (χ2v) is 14.8. The van der Waals surface area contributed by atoms with Gasteiger partial charge in [-0.05, 0) is 50.8 Å². The summed E-state index contributed by atoms with van der Waals surface area (Å²) in [5, 5.41) is 18.3. The van der Waals surface area contributed by atoms with Crippen molar-refractivity contribution in [3.05, 3.63) is 35.9 Å². The molecule has 13 heteroatoms. The van der Waals surface area contributed by atoms with Gasteiger partial charge >= 0.3 is 0 Å². The summed E-state index contributed by atoms with van der Waals surface area (Å²) in [5.41, 5.74) is 0.897. The summed E-state index contributed by atoms with van der Waals surface area (Å²) >= 11 is 0. The van der Waals surface area contributed by atoms with Crippen LogP contribution in [0.2, 0.25) is 0 Å². The number of rotatable bonds is 23. The molecule has 1 aliphatic heterocycles. The maximum absolute atomic E-state index is 14.1. The monoisotopic (exact) mass is 733 g/mol. The van der Waals surface area contributed by atoms with E-state index in [1.165, 1.54) is 0 Å². The van der Waals surface area contributed by atoms with Crippen molar-refractivity contribution in [3.63, 3.8) is 0 Å². The molecule has 1 fully saturated rings. The van der Waals surface area contributed by atoms with E-state index in [1.807, 2.05) is 44.4 Å². The van der Waals surface area contributed by atoms with Gasteiger partial charge in [0.2, 0.25) is 23.6 Å². The Morgan fingerprint density at radius 3 is 2.23 bits per heavy atom. The molecule has 2 rings (SSSR count). The summed E-state index contributed by atoms with van der Waals surface area (Å²) in [4.78, 5) is 60.1. The summed E-state index contributed by atoms with van der Waals surface area (Å²) in [6.45, 7) is 11.0. The third-order valence-corrected chi connectivity index (χ3v) is 10.5. The number of benzene rings is 1. The van der Waals surface area contributed by atoms with Gasteiger partial charge in [0, 0.05) is 47.4 Å². The molecule has 1 saturated heterocycles. The van der Waals surface area contributed by atoms with Gasteiger partial charge in [0.15, 0.2) is 0 Å². The molecule has 1 aromatic carbocycles. The number of hydrogen-bond acceptors (Lipinski definition) is 9. The van der Waals surface area contributed by atoms with Crippen LogP contribution in [-0.4, -0.2) is 142 Å². The Balaban J connectivity index is 2.21. The lowest BCUT2D eigenvalue weighted by molar-refractivity contribution is -0.146. The molecule has 4 amide bonds. The van der Waals surface area contributed by atoms with Crippen molar-refractivity contribution >= 4 is 23.6 Å². The quantitative estimate of drug-likeness (QED) is 0.0981. The summed E-state index contributed by atoms with van der Waals surface area (Å²) in [6, 6.07) is 7.94. The van der Waals surface area contributed by atoms with Crippen LogP contribution >= 0.6 is 0 Å². The van der Waals surface area contributed by atoms with Crippen molar-refractivity contribution in [2.45, 2.75) is 110 Å². The molecule has 4 N–H and O–H groups in total. The van der Waals surface area contributed by atoms with Crippen LogP contribution in [0.5, 0.6) is 0 Å². The van der Waals surface area contributed by atoms with Crippen LogP contribution in [-0.2, 0) is 35.1 Å². The molecule has 0 aromatic heterocycles. The molecule has 13 nitrogen and oxygen atoms in total. The molecular formula is C39H68N6O7. The molecule has 0 aliphatic carbocycles. The van der Waals surface area contributed by atoms with E-state index in [9.17, 15) is 24.3 Å². The van der Waals surface area contributed by atoms with Gasteiger partial charge in [-0.1, -0.05) is 71.4 Å². The number of nitrogens with zero attached hydrogens (tertiary/aromatic N) is 3. The Morgan fingerprint density at radius 1 is 1.00 bits per heavy atom. The minimum atomic E-state index is -0.830. The molecule has 8 atom stereocenters. The number of methoxy groups -OCH3 is 2. The molecule has 0 radical (unpaired) electrons. The second-order valence-electron chi connectivity index (χ2n) is 14.8. The number of likely N-dealkylation sites (N-methyl/N-ethyl adjacent to an activating group) is 1. The highest BCUT2D eigenvalue weighted by Gasteiger charge is 2.42. The van der Waals surface area contributed by atoms with E-state index >= 15 is 0 Å². The van der Waals surface area contributed by atoms with Crippen LogP contribution < -0.4 is 16.0 Å². The van der Waals surface area contributed by atoms with Gasteiger partial charge in [-0.3, -0.25) is 29.4 Å². The molecule has 1 aromatic rings. The number of carbonyl (C=O) groups is 4. The molecule has 296 valence electrons. The molecule has 0 saturated carbocycles. The summed E-state index contributed by atoms with van der Waals surface area (Å²) < 4.78 is 11.9. The highest BCUT2D eigenvalue weighted by molar-refractivity contribution is 5.89. The van der Waals surface area contributed by atoms with Crippen molar-refractivity contribution in [1.82, 2.24) is 30.7 Å². The smallest absolute Gasteiger partial charge is 0.242 e. The van der Waals surface area contributed by atoms with Crippen molar-refractivity contribution < 1.29 is 33.8 Å². The van der Waals surface area contributed by atoms with Crippen molar-refractivity contribution in [1.29, 1.82) is 0 Å². The molecule has 8 unspecified atom stereocenters. The van der Waals surface area contributed by atoms with Crippen molar-refractivity contribution in [2.24, 2.45) is 17.8 Å². The van der Waals surface area contributed by atoms with E-state index < -0.39 is 24.2 Å². The third kappa shape index (κ3) is 13.1. The lowest BCUT2D eigenvalue weighted by atomic mass is 9.90. The number of ether oxygens (including phenoxy) is 2. The lowest BCUT2D eigenvalue weighted by Gasteiger charge is -2.39. The molecular weight excluding hydrogens is 664 g/mol. The average molecular weight is 733 g/mol. The number of carbonyl (C=O) groups excluding carboxylic acids is 4. The zero-order valence-electron chi connectivity index (χ0n) is 33.4. The molecule has 0 bridgehead atoms. The van der Waals surface area contributed by atoms with Gasteiger partial charge in [-0.2, -0.15) is 0 Å². The Bertz CT molecular complexity index is 1230. The zero-order valence-corrected chi connectivity index (χ0v) is 33.4. The number of aliphatic hydroxyl groups excluding tert-OH is 1. The Hall–Kier alpha value is -3.10. The highest BCUT2D eigenvalue weighted by Crippen LogP contribution is 2.29. The first-order chi connectivity index (χ1) is 24.7. The van der Waals surface area contributed by atoms with E-state index in [0.717, 1.165) is 18.4 Å². The predicted molar refractivity (Wildman–Crippen MR) is 203 cm³/mol. The van der Waals surface area contributed by atoms with Crippen molar-refractivity contribution in [2.75, 3.05) is 61.6 Å². The summed E-state index contributed by atoms with van der Waals surface area (Å²) in [6.07, 6.45) is 1.87. The fourth-order valence-electron chi connectivity index (χ4n) is 7.43. The first-order valence-electron chi connectivity index (χ1n) is 18.9. The van der Waals surface area contributed by atoms with Gasteiger partial charge in [0.05, 0.1) is 49.3 Å². The second kappa shape index (κ2) is 22.9. The number of nitrogens with one attached hydrogen (secondary N) is 3. The van der Waals surface area contributed by atoms with Gasteiger partial charge in [0.25, 0.3) is 0 Å². The number of aliphatic hydroxyl groups is 1. The topological polar surface area (TPSA) is 153 Å². The van der Waals surface area contributed by atoms with E-state index in [0.29, 0.717) is 38.3 Å². The van der Waals surface area contributed by atoms with Crippen LogP contribution in [0.15, 0.2) is 30.3 Å². The van der Waals surface area contributed by atoms with E-state index in [2.05, 4.69) is 48.5 Å². The zero-order chi connectivity index (χ0) is 39.0. The van der Waals surface area contributed by atoms with Crippen LogP contribution in [0.1, 0.15) is 72.3 Å². The maximum Gasteiger partial charge on any atom is 0.242 e. The largest absolute Gasteiger partial charge is 0.396 e. The fraction of sp³-hybridized carbons (Fsp3) is 0.744. The first-order valence-corrected chi connectivity index (χ1v) is 18.9. The Kier molecular flexibility index (Phi) is 19.8. The highest BCUT2D eigenvalue weighted by atomic mass is 16.5. The minimum absolute atomic E-state index is 0.0354. The van der Waals surface area contributed by atoms with Gasteiger partial charge < -0.3 is 35.0 Å². The molecule has 1 aliphatic rings. The predicted octanol–water partition coefficient (Wildman–Crippen LogP) is 2.27. The number of likely N-dealkylation sites (tertiary alicyclic amines) is 1. The Labute approximate surface area is 312 Å². The van der Waals surface area contributed by atoms with Gasteiger partial charge in [-0.25, -0.2) is 0 Å². The summed E-state index contributed by atoms with van der Waals surface area (Å²) in [5.74, 6) is -1.17. The number of hydrogen-bond donors (Lipinski definition) is 4. The average Bonchev–Trinajstić information content (AvgIpc) is 3.60.